The molecule has 0 saturated carbocycles. The maximum Gasteiger partial charge on any atom is 0.265 e. The highest BCUT2D eigenvalue weighted by Crippen LogP contribution is 2.32. The minimum absolute atomic E-state index is 0.0875. The number of nitrogens with one attached hydrogen (secondary N) is 1. The molecule has 0 aliphatic heterocycles. The van der Waals surface area contributed by atoms with Crippen molar-refractivity contribution in [1.29, 1.82) is 0 Å². The zero-order chi connectivity index (χ0) is 26.7. The van der Waals surface area contributed by atoms with E-state index in [-0.39, 0.29) is 22.8 Å². The third-order valence-electron chi connectivity index (χ3n) is 5.69. The number of fused-ring (bicyclic) bond motifs is 1. The molecule has 0 spiro atoms. The summed E-state index contributed by atoms with van der Waals surface area (Å²) in [6.07, 6.45) is -0.772. The van der Waals surface area contributed by atoms with Crippen molar-refractivity contribution < 1.29 is 22.4 Å². The molecule has 1 aromatic heterocycles. The lowest BCUT2D eigenvalue weighted by molar-refractivity contribution is -0.122. The zero-order valence-electron chi connectivity index (χ0n) is 20.4. The third-order valence-corrected chi connectivity index (χ3v) is 7.77. The molecule has 192 valence electrons. The second-order valence-corrected chi connectivity index (χ2v) is 11.0. The van der Waals surface area contributed by atoms with Gasteiger partial charge in [0.25, 0.3) is 5.91 Å². The van der Waals surface area contributed by atoms with Gasteiger partial charge in [-0.05, 0) is 67.1 Å². The molecule has 1 N–H and O–H groups in total. The summed E-state index contributed by atoms with van der Waals surface area (Å²) in [7, 11) is -0.717. The van der Waals surface area contributed by atoms with E-state index in [2.05, 4.69) is 5.32 Å². The topological polar surface area (TPSA) is 106 Å². The Kier molecular flexibility index (Phi) is 7.68. The Morgan fingerprint density at radius 1 is 1.03 bits per heavy atom. The van der Waals surface area contributed by atoms with Gasteiger partial charge in [-0.1, -0.05) is 30.7 Å². The average molecular weight is 541 g/mol. The van der Waals surface area contributed by atoms with E-state index in [1.807, 2.05) is 0 Å². The molecule has 1 unspecified atom stereocenters. The molecule has 4 aromatic rings. The summed E-state index contributed by atoms with van der Waals surface area (Å²) in [5.74, 6) is -0.402. The molecule has 1 heterocycles. The summed E-state index contributed by atoms with van der Waals surface area (Å²) in [5.41, 5.74) is 0.926. The highest BCUT2D eigenvalue weighted by molar-refractivity contribution is 7.89. The second-order valence-electron chi connectivity index (χ2n) is 8.41. The van der Waals surface area contributed by atoms with Crippen LogP contribution in [0.4, 0.5) is 5.69 Å². The van der Waals surface area contributed by atoms with E-state index in [1.54, 1.807) is 55.5 Å². The Labute approximate surface area is 219 Å². The van der Waals surface area contributed by atoms with E-state index in [9.17, 15) is 18.0 Å². The number of benzene rings is 3. The Balaban J connectivity index is 1.66. The van der Waals surface area contributed by atoms with Crippen LogP contribution in [0.2, 0.25) is 5.02 Å². The Morgan fingerprint density at radius 2 is 1.68 bits per heavy atom. The maximum absolute atomic E-state index is 13.4. The van der Waals surface area contributed by atoms with Gasteiger partial charge in [0.2, 0.25) is 21.2 Å². The van der Waals surface area contributed by atoms with Crippen molar-refractivity contribution in [2.45, 2.75) is 24.3 Å². The highest BCUT2D eigenvalue weighted by atomic mass is 35.5. The number of sulfonamides is 1. The Hall–Kier alpha value is -3.66. The van der Waals surface area contributed by atoms with Gasteiger partial charge in [0.1, 0.15) is 5.58 Å². The minimum atomic E-state index is -3.60. The van der Waals surface area contributed by atoms with Crippen LogP contribution < -0.4 is 15.5 Å². The molecular formula is C27H25ClN2O6S. The maximum atomic E-state index is 13.4. The number of ether oxygens (including phenoxy) is 1. The number of anilines is 1. The molecule has 0 aliphatic rings. The first-order valence-electron chi connectivity index (χ1n) is 11.4. The van der Waals surface area contributed by atoms with Gasteiger partial charge in [-0.2, -0.15) is 0 Å². The molecule has 10 heteroatoms. The number of nitrogens with zero attached hydrogens (tertiary/aromatic N) is 1. The molecule has 1 atom stereocenters. The van der Waals surface area contributed by atoms with Crippen LogP contribution in [0.25, 0.3) is 22.3 Å². The number of hydrogen-bond donors (Lipinski definition) is 1. The molecule has 4 rings (SSSR count). The fourth-order valence-electron chi connectivity index (χ4n) is 3.63. The largest absolute Gasteiger partial charge is 0.473 e. The quantitative estimate of drug-likeness (QED) is 0.331. The smallest absolute Gasteiger partial charge is 0.265 e. The molecule has 0 bridgehead atoms. The number of amides is 1. The predicted molar refractivity (Wildman–Crippen MR) is 144 cm³/mol. The molecule has 1 amide bonds. The van der Waals surface area contributed by atoms with Crippen molar-refractivity contribution in [2.24, 2.45) is 0 Å². The lowest BCUT2D eigenvalue weighted by Crippen LogP contribution is -2.34. The van der Waals surface area contributed by atoms with E-state index < -0.39 is 27.5 Å². The SMILES string of the molecule is CCC(Oc1c(-c2ccc(Cl)cc2)oc2ccccc2c1=O)C(=O)Nc1ccc(S(=O)(=O)N(C)C)cc1. The van der Waals surface area contributed by atoms with Crippen molar-refractivity contribution in [3.8, 4) is 17.1 Å². The second kappa shape index (κ2) is 10.8. The van der Waals surface area contributed by atoms with Gasteiger partial charge in [-0.3, -0.25) is 9.59 Å². The molecule has 37 heavy (non-hydrogen) atoms. The van der Waals surface area contributed by atoms with E-state index in [0.717, 1.165) is 4.31 Å². The van der Waals surface area contributed by atoms with Gasteiger partial charge < -0.3 is 14.5 Å². The van der Waals surface area contributed by atoms with Crippen molar-refractivity contribution >= 4 is 44.2 Å². The first-order chi connectivity index (χ1) is 17.6. The van der Waals surface area contributed by atoms with Gasteiger partial charge in [0.05, 0.1) is 10.3 Å². The zero-order valence-corrected chi connectivity index (χ0v) is 22.0. The van der Waals surface area contributed by atoms with Crippen molar-refractivity contribution in [1.82, 2.24) is 4.31 Å². The van der Waals surface area contributed by atoms with Gasteiger partial charge >= 0.3 is 0 Å². The van der Waals surface area contributed by atoms with Crippen LogP contribution >= 0.6 is 11.6 Å². The molecule has 0 saturated heterocycles. The first-order valence-corrected chi connectivity index (χ1v) is 13.3. The van der Waals surface area contributed by atoms with E-state index in [0.29, 0.717) is 27.2 Å². The summed E-state index contributed by atoms with van der Waals surface area (Å²) in [6.45, 7) is 1.75. The fourth-order valence-corrected chi connectivity index (χ4v) is 4.66. The summed E-state index contributed by atoms with van der Waals surface area (Å²) >= 11 is 6.03. The van der Waals surface area contributed by atoms with Gasteiger partial charge in [0, 0.05) is 30.4 Å². The number of carbonyl (C=O) groups is 1. The molecule has 0 fully saturated rings. The van der Waals surface area contributed by atoms with Crippen LogP contribution in [-0.2, 0) is 14.8 Å². The van der Waals surface area contributed by atoms with Gasteiger partial charge in [-0.25, -0.2) is 12.7 Å². The third kappa shape index (κ3) is 5.53. The summed E-state index contributed by atoms with van der Waals surface area (Å²) in [6, 6.07) is 19.3. The fraction of sp³-hybridized carbons (Fsp3) is 0.185. The van der Waals surface area contributed by atoms with E-state index >= 15 is 0 Å². The normalized spacial score (nSPS) is 12.5. The van der Waals surface area contributed by atoms with Crippen LogP contribution in [-0.4, -0.2) is 38.8 Å². The molecule has 0 radical (unpaired) electrons. The standard InChI is InChI=1S/C27H25ClN2O6S/c1-4-22(27(32)29-19-13-15-20(16-14-19)37(33,34)30(2)3)35-26-24(31)21-7-5-6-8-23(21)36-25(26)17-9-11-18(28)12-10-17/h5-16,22H,4H2,1-3H3,(H,29,32). The Morgan fingerprint density at radius 3 is 2.30 bits per heavy atom. The Bertz CT molecular complexity index is 1600. The molecule has 0 aliphatic carbocycles. The highest BCUT2D eigenvalue weighted by Gasteiger charge is 2.25. The van der Waals surface area contributed by atoms with Crippen LogP contribution in [0.1, 0.15) is 13.3 Å². The monoisotopic (exact) mass is 540 g/mol. The van der Waals surface area contributed by atoms with Crippen molar-refractivity contribution in [3.05, 3.63) is 88.0 Å². The van der Waals surface area contributed by atoms with Gasteiger partial charge in [0.15, 0.2) is 11.9 Å². The number of hydrogen-bond acceptors (Lipinski definition) is 6. The minimum Gasteiger partial charge on any atom is -0.473 e. The summed E-state index contributed by atoms with van der Waals surface area (Å²) < 4.78 is 37.7. The van der Waals surface area contributed by atoms with Crippen LogP contribution in [0.3, 0.4) is 0 Å². The van der Waals surface area contributed by atoms with E-state index in [1.165, 1.54) is 38.4 Å². The van der Waals surface area contributed by atoms with E-state index in [4.69, 9.17) is 20.8 Å². The number of halogens is 1. The number of para-hydroxylation sites is 1. The van der Waals surface area contributed by atoms with Crippen molar-refractivity contribution in [3.63, 3.8) is 0 Å². The molecule has 3 aromatic carbocycles. The lowest BCUT2D eigenvalue weighted by Gasteiger charge is -2.19. The predicted octanol–water partition coefficient (Wildman–Crippen LogP) is 5.16. The lowest BCUT2D eigenvalue weighted by atomic mass is 10.1. The van der Waals surface area contributed by atoms with Crippen LogP contribution in [0.15, 0.2) is 86.9 Å². The molecular weight excluding hydrogens is 516 g/mol. The van der Waals surface area contributed by atoms with Crippen molar-refractivity contribution in [2.75, 3.05) is 19.4 Å². The van der Waals surface area contributed by atoms with Crippen LogP contribution in [0.5, 0.6) is 5.75 Å². The molecule has 8 nitrogen and oxygen atoms in total. The van der Waals surface area contributed by atoms with Gasteiger partial charge in [-0.15, -0.1) is 0 Å². The number of carbonyl (C=O) groups excluding carboxylic acids is 1. The summed E-state index contributed by atoms with van der Waals surface area (Å²) in [4.78, 5) is 26.6. The average Bonchev–Trinajstić information content (AvgIpc) is 2.89. The summed E-state index contributed by atoms with van der Waals surface area (Å²) in [5, 5.41) is 3.56. The van der Waals surface area contributed by atoms with Crippen LogP contribution in [0, 0.1) is 0 Å². The number of rotatable bonds is 8. The first kappa shape index (κ1) is 26.4.